The van der Waals surface area contributed by atoms with E-state index >= 15 is 0 Å². The van der Waals surface area contributed by atoms with Crippen molar-refractivity contribution < 1.29 is 23.8 Å². The van der Waals surface area contributed by atoms with Gasteiger partial charge in [-0.15, -0.1) is 0 Å². The van der Waals surface area contributed by atoms with E-state index in [0.717, 1.165) is 56.3 Å². The number of nitrogens with zero attached hydrogens (tertiary/aromatic N) is 2. The van der Waals surface area contributed by atoms with Crippen molar-refractivity contribution >= 4 is 47.5 Å². The first-order chi connectivity index (χ1) is 21.4. The van der Waals surface area contributed by atoms with Crippen molar-refractivity contribution in [2.45, 2.75) is 29.2 Å². The Morgan fingerprint density at radius 1 is 0.955 bits per heavy atom. The molecule has 10 heteroatoms. The lowest BCUT2D eigenvalue weighted by Crippen LogP contribution is -2.37. The molecule has 1 N–H and O–H groups in total. The van der Waals surface area contributed by atoms with Crippen LogP contribution in [0, 0.1) is 6.92 Å². The van der Waals surface area contributed by atoms with Crippen LogP contribution in [0.4, 0.5) is 11.4 Å². The van der Waals surface area contributed by atoms with Crippen LogP contribution in [0.3, 0.4) is 0 Å². The zero-order chi connectivity index (χ0) is 31.1. The van der Waals surface area contributed by atoms with E-state index in [9.17, 15) is 9.59 Å². The first kappa shape index (κ1) is 31.2. The lowest BCUT2D eigenvalue weighted by molar-refractivity contribution is -0.120. The van der Waals surface area contributed by atoms with Gasteiger partial charge in [-0.1, -0.05) is 24.3 Å². The Morgan fingerprint density at radius 3 is 2.45 bits per heavy atom. The number of hydrogen-bond donors (Lipinski definition) is 1. The van der Waals surface area contributed by atoms with Crippen molar-refractivity contribution in [1.29, 1.82) is 0 Å². The Hall–Kier alpha value is -4.28. The summed E-state index contributed by atoms with van der Waals surface area (Å²) in [7, 11) is 4.88. The molecule has 0 spiro atoms. The van der Waals surface area contributed by atoms with Crippen LogP contribution < -0.4 is 28.1 Å². The molecule has 0 bridgehead atoms. The molecule has 4 aromatic rings. The number of benzene rings is 4. The van der Waals surface area contributed by atoms with Crippen LogP contribution in [0.25, 0.3) is 0 Å². The van der Waals surface area contributed by atoms with Crippen LogP contribution in [-0.2, 0) is 16.0 Å². The SMILES string of the molecule is COc1ccc(SN(CC=O)c2cccc3c2CCN3C(C(=O)NSc2ccc(C)cc2OC)c2cccc(OC)c2)cc1. The van der Waals surface area contributed by atoms with Gasteiger partial charge in [0.05, 0.1) is 38.5 Å². The quantitative estimate of drug-likeness (QED) is 0.129. The number of hydrogen-bond acceptors (Lipinski definition) is 9. The Kier molecular flexibility index (Phi) is 10.2. The van der Waals surface area contributed by atoms with Crippen LogP contribution in [0.15, 0.2) is 94.7 Å². The van der Waals surface area contributed by atoms with Gasteiger partial charge >= 0.3 is 0 Å². The zero-order valence-corrected chi connectivity index (χ0v) is 26.7. The molecule has 228 valence electrons. The van der Waals surface area contributed by atoms with Gasteiger partial charge in [0.25, 0.3) is 5.91 Å². The summed E-state index contributed by atoms with van der Waals surface area (Å²) in [5.74, 6) is 1.98. The number of ether oxygens (including phenoxy) is 3. The van der Waals surface area contributed by atoms with Gasteiger partial charge in [0, 0.05) is 22.7 Å². The van der Waals surface area contributed by atoms with Crippen molar-refractivity contribution in [3.8, 4) is 17.2 Å². The second-order valence-electron chi connectivity index (χ2n) is 10.1. The van der Waals surface area contributed by atoms with Gasteiger partial charge in [0.2, 0.25) is 0 Å². The number of amides is 1. The van der Waals surface area contributed by atoms with E-state index in [4.69, 9.17) is 14.2 Å². The number of fused-ring (bicyclic) bond motifs is 1. The minimum absolute atomic E-state index is 0.165. The first-order valence-corrected chi connectivity index (χ1v) is 15.7. The van der Waals surface area contributed by atoms with Crippen LogP contribution in [0.2, 0.25) is 0 Å². The molecule has 1 unspecified atom stereocenters. The number of anilines is 2. The van der Waals surface area contributed by atoms with E-state index in [-0.39, 0.29) is 12.5 Å². The van der Waals surface area contributed by atoms with Crippen molar-refractivity contribution in [3.05, 3.63) is 102 Å². The minimum Gasteiger partial charge on any atom is -0.497 e. The number of rotatable bonds is 13. The molecule has 1 aliphatic heterocycles. The Labute approximate surface area is 266 Å². The summed E-state index contributed by atoms with van der Waals surface area (Å²) < 4.78 is 21.4. The fourth-order valence-electron chi connectivity index (χ4n) is 5.26. The van der Waals surface area contributed by atoms with Crippen molar-refractivity contribution in [2.75, 3.05) is 43.6 Å². The van der Waals surface area contributed by atoms with E-state index < -0.39 is 6.04 Å². The molecule has 0 saturated carbocycles. The Bertz CT molecular complexity index is 1620. The molecular weight excluding hydrogens is 595 g/mol. The Morgan fingerprint density at radius 2 is 1.73 bits per heavy atom. The van der Waals surface area contributed by atoms with Gasteiger partial charge < -0.3 is 28.2 Å². The highest BCUT2D eigenvalue weighted by molar-refractivity contribution is 8.00. The van der Waals surface area contributed by atoms with E-state index in [1.54, 1.807) is 21.3 Å². The second-order valence-corrected chi connectivity index (χ2v) is 12.1. The molecule has 0 aliphatic carbocycles. The van der Waals surface area contributed by atoms with E-state index in [2.05, 4.69) is 9.62 Å². The molecule has 0 fully saturated rings. The van der Waals surface area contributed by atoms with Crippen molar-refractivity contribution in [3.63, 3.8) is 0 Å². The third kappa shape index (κ3) is 6.92. The second kappa shape index (κ2) is 14.5. The van der Waals surface area contributed by atoms with Gasteiger partial charge in [-0.3, -0.25) is 9.52 Å². The number of carbonyl (C=O) groups is 2. The van der Waals surface area contributed by atoms with Crippen molar-refractivity contribution in [1.82, 2.24) is 4.72 Å². The molecule has 1 aliphatic rings. The van der Waals surface area contributed by atoms with Crippen LogP contribution >= 0.6 is 23.9 Å². The first-order valence-electron chi connectivity index (χ1n) is 14.1. The normalized spacial score (nSPS) is 12.7. The predicted molar refractivity (Wildman–Crippen MR) is 177 cm³/mol. The lowest BCUT2D eigenvalue weighted by atomic mass is 10.0. The maximum atomic E-state index is 14.1. The molecule has 0 saturated heterocycles. The predicted octanol–water partition coefficient (Wildman–Crippen LogP) is 6.66. The summed E-state index contributed by atoms with van der Waals surface area (Å²) in [5.41, 5.74) is 4.87. The molecule has 1 amide bonds. The lowest BCUT2D eigenvalue weighted by Gasteiger charge is -2.30. The number of methoxy groups -OCH3 is 3. The highest BCUT2D eigenvalue weighted by Gasteiger charge is 2.35. The van der Waals surface area contributed by atoms with E-state index in [1.165, 1.54) is 23.9 Å². The summed E-state index contributed by atoms with van der Waals surface area (Å²) in [6.07, 6.45) is 1.63. The summed E-state index contributed by atoms with van der Waals surface area (Å²) in [6.45, 7) is 2.84. The van der Waals surface area contributed by atoms with Gasteiger partial charge in [-0.05, 0) is 109 Å². The fourth-order valence-corrected chi connectivity index (χ4v) is 6.88. The van der Waals surface area contributed by atoms with Crippen LogP contribution in [-0.4, -0.2) is 46.6 Å². The largest absolute Gasteiger partial charge is 0.497 e. The highest BCUT2D eigenvalue weighted by atomic mass is 32.2. The van der Waals surface area contributed by atoms with Crippen molar-refractivity contribution in [2.24, 2.45) is 0 Å². The average molecular weight is 630 g/mol. The molecular formula is C34H35N3O5S2. The summed E-state index contributed by atoms with van der Waals surface area (Å²) in [4.78, 5) is 29.8. The Balaban J connectivity index is 1.47. The number of aldehydes is 1. The minimum atomic E-state index is -0.626. The van der Waals surface area contributed by atoms with Gasteiger partial charge in [-0.2, -0.15) is 0 Å². The molecule has 0 aromatic heterocycles. The van der Waals surface area contributed by atoms with Gasteiger partial charge in [0.15, 0.2) is 0 Å². The number of aryl methyl sites for hydroxylation is 1. The molecule has 8 nitrogen and oxygen atoms in total. The summed E-state index contributed by atoms with van der Waals surface area (Å²) in [5, 5.41) is 0. The standard InChI is InChI=1S/C34H35N3O5S2/c1-23-11-16-32(31(21-23)42-4)43-35-34(39)33(24-7-5-8-26(22-24)41-3)36-18-17-28-29(36)9-6-10-30(28)37(19-20-38)44-27-14-12-25(40-2)13-15-27/h5-16,20-22,33H,17-19H2,1-4H3,(H,35,39). The van der Waals surface area contributed by atoms with Gasteiger partial charge in [-0.25, -0.2) is 0 Å². The molecule has 44 heavy (non-hydrogen) atoms. The van der Waals surface area contributed by atoms with Gasteiger partial charge in [0.1, 0.15) is 29.6 Å². The topological polar surface area (TPSA) is 80.3 Å². The molecule has 1 heterocycles. The van der Waals surface area contributed by atoms with Crippen LogP contribution in [0.1, 0.15) is 22.7 Å². The zero-order valence-electron chi connectivity index (χ0n) is 25.1. The monoisotopic (exact) mass is 629 g/mol. The smallest absolute Gasteiger partial charge is 0.257 e. The maximum absolute atomic E-state index is 14.1. The maximum Gasteiger partial charge on any atom is 0.257 e. The molecule has 0 radical (unpaired) electrons. The average Bonchev–Trinajstić information content (AvgIpc) is 3.48. The molecule has 5 rings (SSSR count). The van der Waals surface area contributed by atoms with E-state index in [0.29, 0.717) is 18.0 Å². The summed E-state index contributed by atoms with van der Waals surface area (Å²) in [6, 6.07) is 26.7. The number of nitrogens with one attached hydrogen (secondary N) is 1. The fraction of sp³-hybridized carbons (Fsp3) is 0.235. The third-order valence-electron chi connectivity index (χ3n) is 7.37. The van der Waals surface area contributed by atoms with E-state index in [1.807, 2.05) is 96.2 Å². The summed E-state index contributed by atoms with van der Waals surface area (Å²) >= 11 is 2.73. The highest BCUT2D eigenvalue weighted by Crippen LogP contribution is 2.43. The molecule has 4 aromatic carbocycles. The number of carbonyl (C=O) groups excluding carboxylic acids is 2. The third-order valence-corrected chi connectivity index (χ3v) is 9.28. The van der Waals surface area contributed by atoms with Crippen LogP contribution in [0.5, 0.6) is 17.2 Å². The molecule has 1 atom stereocenters.